The zero-order valence-corrected chi connectivity index (χ0v) is 12.5. The van der Waals surface area contributed by atoms with E-state index >= 15 is 0 Å². The van der Waals surface area contributed by atoms with Gasteiger partial charge in [0.1, 0.15) is 0 Å². The number of aromatic nitrogens is 1. The number of hydrogen-bond acceptors (Lipinski definition) is 3. The fraction of sp³-hybridized carbons (Fsp3) is 0.200. The van der Waals surface area contributed by atoms with Crippen LogP contribution in [-0.4, -0.2) is 30.5 Å². The van der Waals surface area contributed by atoms with Gasteiger partial charge in [0, 0.05) is 34.2 Å². The Labute approximate surface area is 126 Å². The minimum atomic E-state index is -0.459. The molecule has 0 bridgehead atoms. The van der Waals surface area contributed by atoms with Gasteiger partial charge in [0.05, 0.1) is 12.7 Å². The maximum atomic E-state index is 12.2. The van der Waals surface area contributed by atoms with E-state index in [0.717, 1.165) is 16.6 Å². The number of amides is 1. The molecule has 1 heterocycles. The lowest BCUT2D eigenvalue weighted by Crippen LogP contribution is -2.24. The van der Waals surface area contributed by atoms with Crippen LogP contribution in [0.15, 0.2) is 30.4 Å². The quantitative estimate of drug-likeness (QED) is 0.673. The van der Waals surface area contributed by atoms with Gasteiger partial charge < -0.3 is 15.0 Å². The Morgan fingerprint density at radius 2 is 2.19 bits per heavy atom. The molecule has 0 fully saturated rings. The molecule has 6 heteroatoms. The first-order chi connectivity index (χ1) is 10.0. The number of esters is 1. The first-order valence-electron chi connectivity index (χ1n) is 6.33. The number of benzene rings is 1. The lowest BCUT2D eigenvalue weighted by atomic mass is 10.1. The van der Waals surface area contributed by atoms with Gasteiger partial charge in [0.2, 0.25) is 0 Å². The average molecular weight is 307 g/mol. The highest BCUT2D eigenvalue weighted by Gasteiger charge is 2.15. The molecule has 110 valence electrons. The first-order valence-corrected chi connectivity index (χ1v) is 6.71. The normalized spacial score (nSPS) is 11.0. The van der Waals surface area contributed by atoms with Crippen LogP contribution in [0.5, 0.6) is 0 Å². The molecule has 0 aliphatic carbocycles. The van der Waals surface area contributed by atoms with Crippen molar-refractivity contribution >= 4 is 34.4 Å². The molecule has 2 rings (SSSR count). The van der Waals surface area contributed by atoms with E-state index in [-0.39, 0.29) is 12.5 Å². The largest absolute Gasteiger partial charge is 0.466 e. The van der Waals surface area contributed by atoms with Crippen molar-refractivity contribution in [1.29, 1.82) is 0 Å². The molecule has 0 spiro atoms. The van der Waals surface area contributed by atoms with Gasteiger partial charge in [-0.2, -0.15) is 0 Å². The van der Waals surface area contributed by atoms with Crippen molar-refractivity contribution in [3.05, 3.63) is 46.6 Å². The molecular weight excluding hydrogens is 292 g/mol. The van der Waals surface area contributed by atoms with Crippen LogP contribution in [0.3, 0.4) is 0 Å². The third-order valence-corrected chi connectivity index (χ3v) is 3.25. The van der Waals surface area contributed by atoms with Crippen LogP contribution in [0, 0.1) is 6.92 Å². The highest BCUT2D eigenvalue weighted by atomic mass is 35.5. The van der Waals surface area contributed by atoms with Crippen molar-refractivity contribution in [3.8, 4) is 0 Å². The Bertz CT molecular complexity index is 719. The van der Waals surface area contributed by atoms with Gasteiger partial charge in [0.25, 0.3) is 5.91 Å². The fourth-order valence-electron chi connectivity index (χ4n) is 2.05. The van der Waals surface area contributed by atoms with Crippen molar-refractivity contribution in [2.45, 2.75) is 6.92 Å². The number of fused-ring (bicyclic) bond motifs is 1. The minimum absolute atomic E-state index is 0.226. The van der Waals surface area contributed by atoms with Gasteiger partial charge in [-0.1, -0.05) is 17.7 Å². The van der Waals surface area contributed by atoms with Crippen LogP contribution in [0.2, 0.25) is 5.02 Å². The fourth-order valence-corrected chi connectivity index (χ4v) is 2.23. The summed E-state index contributed by atoms with van der Waals surface area (Å²) in [4.78, 5) is 26.3. The molecule has 2 N–H and O–H groups in total. The second-order valence-corrected chi connectivity index (χ2v) is 4.89. The number of rotatable bonds is 4. The molecule has 0 unspecified atom stereocenters. The van der Waals surface area contributed by atoms with E-state index in [1.165, 1.54) is 19.3 Å². The number of H-pyrrole nitrogens is 1. The minimum Gasteiger partial charge on any atom is -0.466 e. The van der Waals surface area contributed by atoms with Gasteiger partial charge >= 0.3 is 5.97 Å². The second-order valence-electron chi connectivity index (χ2n) is 4.45. The van der Waals surface area contributed by atoms with Crippen molar-refractivity contribution in [2.24, 2.45) is 0 Å². The van der Waals surface area contributed by atoms with Gasteiger partial charge in [-0.15, -0.1) is 0 Å². The molecule has 0 radical (unpaired) electrons. The Hall–Kier alpha value is -2.27. The van der Waals surface area contributed by atoms with Crippen LogP contribution in [0.25, 0.3) is 10.9 Å². The molecule has 0 saturated carbocycles. The maximum absolute atomic E-state index is 12.2. The Balaban J connectivity index is 2.16. The number of nitrogens with one attached hydrogen (secondary N) is 2. The van der Waals surface area contributed by atoms with Crippen molar-refractivity contribution in [1.82, 2.24) is 10.3 Å². The van der Waals surface area contributed by atoms with E-state index in [0.29, 0.717) is 10.6 Å². The van der Waals surface area contributed by atoms with E-state index in [4.69, 9.17) is 11.6 Å². The number of ether oxygens (including phenoxy) is 1. The maximum Gasteiger partial charge on any atom is 0.330 e. The summed E-state index contributed by atoms with van der Waals surface area (Å²) in [6.07, 6.45) is 2.79. The summed E-state index contributed by atoms with van der Waals surface area (Å²) in [7, 11) is 1.30. The predicted octanol–water partition coefficient (Wildman–Crippen LogP) is 2.59. The van der Waals surface area contributed by atoms with Crippen molar-refractivity contribution < 1.29 is 14.3 Å². The first kappa shape index (κ1) is 15.1. The number of aryl methyl sites for hydroxylation is 1. The van der Waals surface area contributed by atoms with Gasteiger partial charge in [-0.05, 0) is 25.1 Å². The average Bonchev–Trinajstić information content (AvgIpc) is 2.78. The van der Waals surface area contributed by atoms with Gasteiger partial charge in [0.15, 0.2) is 0 Å². The molecule has 1 aromatic heterocycles. The van der Waals surface area contributed by atoms with E-state index < -0.39 is 5.97 Å². The SMILES string of the molecule is COC(=O)/C=C/CNC(=O)c1c(C)[nH]c2ccc(Cl)cc12. The lowest BCUT2D eigenvalue weighted by molar-refractivity contribution is -0.134. The molecule has 5 nitrogen and oxygen atoms in total. The molecule has 21 heavy (non-hydrogen) atoms. The Morgan fingerprint density at radius 1 is 1.43 bits per heavy atom. The highest BCUT2D eigenvalue weighted by molar-refractivity contribution is 6.31. The zero-order chi connectivity index (χ0) is 15.4. The molecule has 0 saturated heterocycles. The predicted molar refractivity (Wildman–Crippen MR) is 81.5 cm³/mol. The van der Waals surface area contributed by atoms with E-state index in [1.807, 2.05) is 13.0 Å². The summed E-state index contributed by atoms with van der Waals surface area (Å²) in [6, 6.07) is 5.35. The molecule has 2 aromatic rings. The summed E-state index contributed by atoms with van der Waals surface area (Å²) >= 11 is 5.97. The topological polar surface area (TPSA) is 71.2 Å². The smallest absolute Gasteiger partial charge is 0.330 e. The van der Waals surface area contributed by atoms with E-state index in [2.05, 4.69) is 15.0 Å². The lowest BCUT2D eigenvalue weighted by Gasteiger charge is -2.02. The second kappa shape index (κ2) is 6.45. The standard InChI is InChI=1S/C15H15ClN2O3/c1-9-14(11-8-10(16)5-6-12(11)18-9)15(20)17-7-3-4-13(19)21-2/h3-6,8,18H,7H2,1-2H3,(H,17,20)/b4-3+. The van der Waals surface area contributed by atoms with Crippen LogP contribution >= 0.6 is 11.6 Å². The number of halogens is 1. The summed E-state index contributed by atoms with van der Waals surface area (Å²) in [5.41, 5.74) is 2.17. The molecule has 0 atom stereocenters. The molecule has 0 aliphatic heterocycles. The zero-order valence-electron chi connectivity index (χ0n) is 11.7. The van der Waals surface area contributed by atoms with Gasteiger partial charge in [-0.25, -0.2) is 4.79 Å². The highest BCUT2D eigenvalue weighted by Crippen LogP contribution is 2.25. The number of carbonyl (C=O) groups excluding carboxylic acids is 2. The number of methoxy groups -OCH3 is 1. The monoisotopic (exact) mass is 306 g/mol. The number of carbonyl (C=O) groups is 2. The summed E-state index contributed by atoms with van der Waals surface area (Å²) in [5.74, 6) is -0.685. The van der Waals surface area contributed by atoms with Gasteiger partial charge in [-0.3, -0.25) is 4.79 Å². The van der Waals surface area contributed by atoms with Crippen molar-refractivity contribution in [3.63, 3.8) is 0 Å². The van der Waals surface area contributed by atoms with Crippen LogP contribution in [0.4, 0.5) is 0 Å². The molecule has 1 amide bonds. The third-order valence-electron chi connectivity index (χ3n) is 3.01. The molecular formula is C15H15ClN2O3. The van der Waals surface area contributed by atoms with Crippen molar-refractivity contribution in [2.75, 3.05) is 13.7 Å². The molecule has 1 aromatic carbocycles. The van der Waals surface area contributed by atoms with Crippen LogP contribution in [0.1, 0.15) is 16.1 Å². The third kappa shape index (κ3) is 3.44. The molecule has 0 aliphatic rings. The van der Waals surface area contributed by atoms with E-state index in [9.17, 15) is 9.59 Å². The summed E-state index contributed by atoms with van der Waals surface area (Å²) in [5, 5.41) is 4.06. The number of aromatic amines is 1. The Morgan fingerprint density at radius 3 is 2.90 bits per heavy atom. The summed E-state index contributed by atoms with van der Waals surface area (Å²) in [6.45, 7) is 2.06. The number of hydrogen-bond donors (Lipinski definition) is 2. The van der Waals surface area contributed by atoms with E-state index in [1.54, 1.807) is 12.1 Å². The summed E-state index contributed by atoms with van der Waals surface area (Å²) < 4.78 is 4.46. The van der Waals surface area contributed by atoms with Crippen LogP contribution < -0.4 is 5.32 Å². The Kier molecular flexibility index (Phi) is 4.65. The van der Waals surface area contributed by atoms with Crippen LogP contribution in [-0.2, 0) is 9.53 Å².